The Labute approximate surface area is 113 Å². The van der Waals surface area contributed by atoms with Gasteiger partial charge in [-0.2, -0.15) is 0 Å². The molecule has 0 aliphatic carbocycles. The molecule has 0 aromatic carbocycles. The Hall–Kier alpha value is -1.10. The van der Waals surface area contributed by atoms with Gasteiger partial charge in [-0.15, -0.1) is 0 Å². The van der Waals surface area contributed by atoms with Crippen LogP contribution in [0.5, 0.6) is 0 Å². The van der Waals surface area contributed by atoms with E-state index >= 15 is 0 Å². The molecule has 3 aliphatic rings. The van der Waals surface area contributed by atoms with Crippen molar-refractivity contribution >= 4 is 11.8 Å². The largest absolute Gasteiger partial charge is 0.365 e. The number of ether oxygens (including phenoxy) is 1. The van der Waals surface area contributed by atoms with E-state index < -0.39 is 5.60 Å². The van der Waals surface area contributed by atoms with Crippen LogP contribution in [0.25, 0.3) is 0 Å². The van der Waals surface area contributed by atoms with E-state index in [0.717, 1.165) is 38.8 Å². The molecule has 2 amide bonds. The quantitative estimate of drug-likeness (QED) is 0.759. The number of nitrogens with one attached hydrogen (secondary N) is 1. The van der Waals surface area contributed by atoms with Crippen molar-refractivity contribution in [2.45, 2.75) is 50.7 Å². The first kappa shape index (κ1) is 12.9. The molecule has 0 spiro atoms. The smallest absolute Gasteiger partial charge is 0.254 e. The van der Waals surface area contributed by atoms with Crippen molar-refractivity contribution < 1.29 is 14.3 Å². The van der Waals surface area contributed by atoms with Gasteiger partial charge in [-0.25, -0.2) is 0 Å². The van der Waals surface area contributed by atoms with Gasteiger partial charge in [0.05, 0.1) is 0 Å². The van der Waals surface area contributed by atoms with Gasteiger partial charge in [0.15, 0.2) is 0 Å². The second kappa shape index (κ2) is 4.78. The fraction of sp³-hybridized carbons (Fsp3) is 0.857. The minimum Gasteiger partial charge on any atom is -0.365 e. The monoisotopic (exact) mass is 266 g/mol. The molecule has 0 aromatic rings. The summed E-state index contributed by atoms with van der Waals surface area (Å²) < 4.78 is 5.65. The number of likely N-dealkylation sites (tertiary alicyclic amines) is 1. The first-order chi connectivity index (χ1) is 9.08. The molecule has 5 heteroatoms. The van der Waals surface area contributed by atoms with Gasteiger partial charge >= 0.3 is 0 Å². The van der Waals surface area contributed by atoms with Gasteiger partial charge in [-0.1, -0.05) is 0 Å². The highest BCUT2D eigenvalue weighted by atomic mass is 16.5. The Morgan fingerprint density at radius 1 is 1.47 bits per heavy atom. The zero-order valence-corrected chi connectivity index (χ0v) is 11.5. The number of piperidine rings is 2. The van der Waals surface area contributed by atoms with Crippen LogP contribution in [0, 0.1) is 5.92 Å². The van der Waals surface area contributed by atoms with Crippen LogP contribution in [0.3, 0.4) is 0 Å². The van der Waals surface area contributed by atoms with Gasteiger partial charge in [0.2, 0.25) is 5.91 Å². The Morgan fingerprint density at radius 3 is 3.05 bits per heavy atom. The van der Waals surface area contributed by atoms with Gasteiger partial charge in [0.25, 0.3) is 5.91 Å². The lowest BCUT2D eigenvalue weighted by Gasteiger charge is -2.43. The minimum atomic E-state index is -0.606. The molecule has 0 radical (unpaired) electrons. The highest BCUT2D eigenvalue weighted by Gasteiger charge is 2.43. The maximum atomic E-state index is 12.6. The van der Waals surface area contributed by atoms with Gasteiger partial charge in [-0.05, 0) is 38.5 Å². The van der Waals surface area contributed by atoms with E-state index in [-0.39, 0.29) is 17.9 Å². The van der Waals surface area contributed by atoms with E-state index in [1.165, 1.54) is 0 Å². The van der Waals surface area contributed by atoms with Crippen LogP contribution < -0.4 is 5.32 Å². The second-order valence-corrected chi connectivity index (χ2v) is 6.20. The van der Waals surface area contributed by atoms with Crippen molar-refractivity contribution in [2.24, 2.45) is 5.92 Å². The fourth-order valence-electron chi connectivity index (χ4n) is 3.58. The van der Waals surface area contributed by atoms with Crippen LogP contribution >= 0.6 is 0 Å². The number of amides is 2. The summed E-state index contributed by atoms with van der Waals surface area (Å²) >= 11 is 0. The van der Waals surface area contributed by atoms with Crippen molar-refractivity contribution in [1.29, 1.82) is 0 Å². The minimum absolute atomic E-state index is 0.139. The molecule has 0 aromatic heterocycles. The third-order valence-electron chi connectivity index (χ3n) is 4.78. The predicted molar refractivity (Wildman–Crippen MR) is 69.4 cm³/mol. The third-order valence-corrected chi connectivity index (χ3v) is 4.78. The molecule has 0 bridgehead atoms. The SMILES string of the molecule is CC1(C(=O)N2CCC3NC(=O)CCC3C2)CCCO1. The average Bonchev–Trinajstić information content (AvgIpc) is 2.85. The second-order valence-electron chi connectivity index (χ2n) is 6.20. The van der Waals surface area contributed by atoms with Crippen molar-refractivity contribution in [3.63, 3.8) is 0 Å². The standard InChI is InChI=1S/C14H22N2O3/c1-14(6-2-8-19-14)13(18)16-7-5-11-10(9-16)3-4-12(17)15-11/h10-11H,2-9H2,1H3,(H,15,17). The maximum Gasteiger partial charge on any atom is 0.254 e. The Bertz CT molecular complexity index is 390. The molecule has 19 heavy (non-hydrogen) atoms. The fourth-order valence-corrected chi connectivity index (χ4v) is 3.58. The van der Waals surface area contributed by atoms with E-state index in [0.29, 0.717) is 18.9 Å². The van der Waals surface area contributed by atoms with Gasteiger partial charge in [0, 0.05) is 32.2 Å². The Balaban J connectivity index is 1.64. The van der Waals surface area contributed by atoms with E-state index in [2.05, 4.69) is 5.32 Å². The molecule has 5 nitrogen and oxygen atoms in total. The lowest BCUT2D eigenvalue weighted by atomic mass is 9.84. The molecule has 3 atom stereocenters. The summed E-state index contributed by atoms with van der Waals surface area (Å²) in [6.07, 6.45) is 4.17. The van der Waals surface area contributed by atoms with Crippen molar-refractivity contribution in [3.8, 4) is 0 Å². The molecular formula is C14H22N2O3. The van der Waals surface area contributed by atoms with Crippen molar-refractivity contribution in [2.75, 3.05) is 19.7 Å². The van der Waals surface area contributed by atoms with Crippen LogP contribution in [-0.2, 0) is 14.3 Å². The number of rotatable bonds is 1. The van der Waals surface area contributed by atoms with Crippen molar-refractivity contribution in [3.05, 3.63) is 0 Å². The molecule has 106 valence electrons. The van der Waals surface area contributed by atoms with Crippen LogP contribution in [0.15, 0.2) is 0 Å². The molecule has 3 aliphatic heterocycles. The van der Waals surface area contributed by atoms with Crippen LogP contribution in [0.4, 0.5) is 0 Å². The van der Waals surface area contributed by atoms with Gasteiger partial charge < -0.3 is 15.0 Å². The zero-order chi connectivity index (χ0) is 13.5. The van der Waals surface area contributed by atoms with Gasteiger partial charge in [-0.3, -0.25) is 9.59 Å². The third kappa shape index (κ3) is 2.36. The summed E-state index contributed by atoms with van der Waals surface area (Å²) in [4.78, 5) is 25.9. The molecule has 3 fully saturated rings. The number of hydrogen-bond acceptors (Lipinski definition) is 3. The zero-order valence-electron chi connectivity index (χ0n) is 11.5. The summed E-state index contributed by atoms with van der Waals surface area (Å²) in [5, 5.41) is 3.05. The number of carbonyl (C=O) groups is 2. The highest BCUT2D eigenvalue weighted by Crippen LogP contribution is 2.31. The molecule has 3 heterocycles. The lowest BCUT2D eigenvalue weighted by Crippen LogP contribution is -2.58. The molecular weight excluding hydrogens is 244 g/mol. The topological polar surface area (TPSA) is 58.6 Å². The maximum absolute atomic E-state index is 12.6. The van der Waals surface area contributed by atoms with Crippen LogP contribution in [-0.4, -0.2) is 48.1 Å². The predicted octanol–water partition coefficient (Wildman–Crippen LogP) is 0.683. The molecule has 3 rings (SSSR count). The van der Waals surface area contributed by atoms with Gasteiger partial charge in [0.1, 0.15) is 5.60 Å². The number of nitrogens with zero attached hydrogens (tertiary/aromatic N) is 1. The summed E-state index contributed by atoms with van der Waals surface area (Å²) in [5.74, 6) is 0.716. The van der Waals surface area contributed by atoms with E-state index in [1.54, 1.807) is 0 Å². The van der Waals surface area contributed by atoms with Crippen molar-refractivity contribution in [1.82, 2.24) is 10.2 Å². The molecule has 1 N–H and O–H groups in total. The van der Waals surface area contributed by atoms with E-state index in [1.807, 2.05) is 11.8 Å². The molecule has 0 saturated carbocycles. The Morgan fingerprint density at radius 2 is 2.32 bits per heavy atom. The first-order valence-electron chi connectivity index (χ1n) is 7.31. The molecule has 3 saturated heterocycles. The van der Waals surface area contributed by atoms with E-state index in [9.17, 15) is 9.59 Å². The summed E-state index contributed by atoms with van der Waals surface area (Å²) in [6, 6.07) is 0.266. The average molecular weight is 266 g/mol. The summed E-state index contributed by atoms with van der Waals surface area (Å²) in [6.45, 7) is 4.11. The number of hydrogen-bond donors (Lipinski definition) is 1. The van der Waals surface area contributed by atoms with Crippen LogP contribution in [0.1, 0.15) is 39.0 Å². The normalized spacial score (nSPS) is 38.8. The highest BCUT2D eigenvalue weighted by molar-refractivity contribution is 5.85. The summed E-state index contributed by atoms with van der Waals surface area (Å²) in [5.41, 5.74) is -0.606. The number of carbonyl (C=O) groups excluding carboxylic acids is 2. The summed E-state index contributed by atoms with van der Waals surface area (Å²) in [7, 11) is 0. The number of fused-ring (bicyclic) bond motifs is 1. The van der Waals surface area contributed by atoms with Crippen LogP contribution in [0.2, 0.25) is 0 Å². The Kier molecular flexibility index (Phi) is 3.25. The molecule has 3 unspecified atom stereocenters. The van der Waals surface area contributed by atoms with E-state index in [4.69, 9.17) is 4.74 Å². The lowest BCUT2D eigenvalue weighted by molar-refractivity contribution is -0.153. The first-order valence-corrected chi connectivity index (χ1v) is 7.31.